The fourth-order valence-corrected chi connectivity index (χ4v) is 6.80. The lowest BCUT2D eigenvalue weighted by Crippen LogP contribution is -2.46. The number of hydrogen-bond donors (Lipinski definition) is 0. The molecular formula is C42H44N4. The van der Waals surface area contributed by atoms with E-state index in [0.717, 1.165) is 70.8 Å². The second-order valence-electron chi connectivity index (χ2n) is 12.5. The molecule has 5 aromatic rings. The van der Waals surface area contributed by atoms with Crippen LogP contribution in [0.5, 0.6) is 0 Å². The van der Waals surface area contributed by atoms with E-state index in [9.17, 15) is 0 Å². The number of aryl methyl sites for hydroxylation is 2. The van der Waals surface area contributed by atoms with Crippen LogP contribution in [0.3, 0.4) is 0 Å². The van der Waals surface area contributed by atoms with E-state index in [2.05, 4.69) is 160 Å². The van der Waals surface area contributed by atoms with Crippen LogP contribution in [0.4, 0.5) is 22.7 Å². The molecule has 232 valence electrons. The average molecular weight is 605 g/mol. The minimum Gasteiger partial charge on any atom is -0.368 e. The summed E-state index contributed by atoms with van der Waals surface area (Å²) < 4.78 is 0. The molecule has 2 fully saturated rings. The van der Waals surface area contributed by atoms with Crippen molar-refractivity contribution in [1.29, 1.82) is 0 Å². The van der Waals surface area contributed by atoms with Crippen molar-refractivity contribution in [1.82, 2.24) is 0 Å². The van der Waals surface area contributed by atoms with Crippen LogP contribution in [0.2, 0.25) is 0 Å². The Labute approximate surface area is 274 Å². The van der Waals surface area contributed by atoms with E-state index < -0.39 is 0 Å². The van der Waals surface area contributed by atoms with E-state index in [0.29, 0.717) is 0 Å². The maximum absolute atomic E-state index is 4.44. The van der Waals surface area contributed by atoms with Crippen LogP contribution in [0.1, 0.15) is 22.3 Å². The zero-order valence-corrected chi connectivity index (χ0v) is 26.8. The Bertz CT molecular complexity index is 1680. The van der Waals surface area contributed by atoms with Crippen molar-refractivity contribution < 1.29 is 0 Å². The van der Waals surface area contributed by atoms with Gasteiger partial charge in [-0.25, -0.2) is 0 Å². The van der Waals surface area contributed by atoms with Crippen molar-refractivity contribution in [2.45, 2.75) is 12.8 Å². The second kappa shape index (κ2) is 14.0. The molecule has 2 aliphatic heterocycles. The molecule has 0 aromatic heterocycles. The Morgan fingerprint density at radius 3 is 1.02 bits per heavy atom. The monoisotopic (exact) mass is 604 g/mol. The summed E-state index contributed by atoms with van der Waals surface area (Å²) in [5.74, 6) is 0. The van der Waals surface area contributed by atoms with Crippen LogP contribution in [-0.4, -0.2) is 52.4 Å². The lowest BCUT2D eigenvalue weighted by Gasteiger charge is -2.37. The van der Waals surface area contributed by atoms with Crippen molar-refractivity contribution in [2.24, 2.45) is 0 Å². The predicted octanol–water partition coefficient (Wildman–Crippen LogP) is 8.19. The van der Waals surface area contributed by atoms with E-state index >= 15 is 0 Å². The number of hydrogen-bond acceptors (Lipinski definition) is 4. The van der Waals surface area contributed by atoms with Gasteiger partial charge in [-0.1, -0.05) is 91.5 Å². The first kappa shape index (κ1) is 29.7. The summed E-state index contributed by atoms with van der Waals surface area (Å²) in [6.07, 6.45) is 2.08. The number of anilines is 4. The first-order chi connectivity index (χ1) is 22.7. The van der Waals surface area contributed by atoms with E-state index in [1.807, 2.05) is 0 Å². The van der Waals surface area contributed by atoms with E-state index in [4.69, 9.17) is 0 Å². The fourth-order valence-electron chi connectivity index (χ4n) is 6.80. The van der Waals surface area contributed by atoms with Gasteiger partial charge >= 0.3 is 0 Å². The smallest absolute Gasteiger partial charge is 0.0367 e. The summed E-state index contributed by atoms with van der Waals surface area (Å²) in [6.45, 7) is 12.8. The van der Waals surface area contributed by atoms with Gasteiger partial charge in [-0.3, -0.25) is 0 Å². The standard InChI is InChI=1S/C42H44N4/c1-34(38-20-24-42(25-21-38)46-32-28-44(29-33-46)40-10-6-3-7-11-40)37-18-14-35(15-19-37)12-13-36-16-22-41(23-17-36)45-30-26-43(27-31-45)39-8-4-2-5-9-39/h2-11,14-25H,1,12-13,26-33H2. The van der Waals surface area contributed by atoms with Gasteiger partial charge in [-0.2, -0.15) is 0 Å². The van der Waals surface area contributed by atoms with Crippen molar-refractivity contribution in [3.05, 3.63) is 162 Å². The molecule has 0 amide bonds. The molecule has 5 aromatic carbocycles. The van der Waals surface area contributed by atoms with Gasteiger partial charge in [0.2, 0.25) is 0 Å². The van der Waals surface area contributed by atoms with Crippen LogP contribution in [0, 0.1) is 0 Å². The fraction of sp³-hybridized carbons (Fsp3) is 0.238. The minimum atomic E-state index is 1.04. The molecule has 2 aliphatic rings. The first-order valence-electron chi connectivity index (χ1n) is 16.8. The summed E-state index contributed by atoms with van der Waals surface area (Å²) in [6, 6.07) is 48.7. The Hall–Kier alpha value is -4.96. The molecule has 2 heterocycles. The second-order valence-corrected chi connectivity index (χ2v) is 12.5. The minimum absolute atomic E-state index is 1.04. The molecule has 0 aliphatic carbocycles. The number of para-hydroxylation sites is 2. The molecule has 0 radical (unpaired) electrons. The highest BCUT2D eigenvalue weighted by molar-refractivity contribution is 5.79. The van der Waals surface area contributed by atoms with Gasteiger partial charge in [0.15, 0.2) is 0 Å². The molecule has 2 saturated heterocycles. The lowest BCUT2D eigenvalue weighted by molar-refractivity contribution is 0.653. The lowest BCUT2D eigenvalue weighted by atomic mass is 9.96. The summed E-state index contributed by atoms with van der Waals surface area (Å²) in [5.41, 5.74) is 11.5. The van der Waals surface area contributed by atoms with E-state index in [-0.39, 0.29) is 0 Å². The predicted molar refractivity (Wildman–Crippen MR) is 197 cm³/mol. The third-order valence-corrected chi connectivity index (χ3v) is 9.69. The summed E-state index contributed by atoms with van der Waals surface area (Å²) in [4.78, 5) is 9.95. The molecule has 46 heavy (non-hydrogen) atoms. The van der Waals surface area contributed by atoms with Crippen LogP contribution in [0.15, 0.2) is 140 Å². The molecule has 0 unspecified atom stereocenters. The average Bonchev–Trinajstić information content (AvgIpc) is 3.15. The topological polar surface area (TPSA) is 13.0 Å². The summed E-state index contributed by atoms with van der Waals surface area (Å²) >= 11 is 0. The Morgan fingerprint density at radius 2 is 0.652 bits per heavy atom. The summed E-state index contributed by atoms with van der Waals surface area (Å²) in [7, 11) is 0. The Morgan fingerprint density at radius 1 is 0.370 bits per heavy atom. The normalized spacial score (nSPS) is 15.2. The van der Waals surface area contributed by atoms with Gasteiger partial charge < -0.3 is 19.6 Å². The zero-order chi connectivity index (χ0) is 31.1. The highest BCUT2D eigenvalue weighted by atomic mass is 15.3. The van der Waals surface area contributed by atoms with Gasteiger partial charge in [0.1, 0.15) is 0 Å². The molecule has 4 heteroatoms. The molecule has 0 spiro atoms. The Balaban J connectivity index is 0.878. The van der Waals surface area contributed by atoms with Crippen LogP contribution in [0.25, 0.3) is 5.57 Å². The number of piperazine rings is 2. The van der Waals surface area contributed by atoms with Gasteiger partial charge in [0.25, 0.3) is 0 Å². The van der Waals surface area contributed by atoms with Crippen molar-refractivity contribution in [3.63, 3.8) is 0 Å². The summed E-state index contributed by atoms with van der Waals surface area (Å²) in [5, 5.41) is 0. The first-order valence-corrected chi connectivity index (χ1v) is 16.8. The van der Waals surface area contributed by atoms with Crippen LogP contribution in [-0.2, 0) is 12.8 Å². The van der Waals surface area contributed by atoms with Gasteiger partial charge in [0, 0.05) is 75.1 Å². The number of rotatable bonds is 9. The van der Waals surface area contributed by atoms with Gasteiger partial charge in [-0.05, 0) is 89.2 Å². The van der Waals surface area contributed by atoms with Crippen molar-refractivity contribution in [2.75, 3.05) is 72.0 Å². The van der Waals surface area contributed by atoms with Gasteiger partial charge in [0.05, 0.1) is 0 Å². The maximum Gasteiger partial charge on any atom is 0.0367 e. The number of nitrogens with zero attached hydrogens (tertiary/aromatic N) is 4. The molecule has 7 rings (SSSR count). The molecule has 0 saturated carbocycles. The number of benzene rings is 5. The van der Waals surface area contributed by atoms with Crippen molar-refractivity contribution in [3.8, 4) is 0 Å². The molecule has 0 bridgehead atoms. The van der Waals surface area contributed by atoms with Crippen LogP contribution >= 0.6 is 0 Å². The highest BCUT2D eigenvalue weighted by Gasteiger charge is 2.19. The SMILES string of the molecule is C=C(c1ccc(CCc2ccc(N3CCN(c4ccccc4)CC3)cc2)cc1)c1ccc(N2CCN(c3ccccc3)CC2)cc1. The maximum atomic E-state index is 4.44. The van der Waals surface area contributed by atoms with E-state index in [1.54, 1.807) is 0 Å². The molecular weight excluding hydrogens is 560 g/mol. The van der Waals surface area contributed by atoms with Crippen molar-refractivity contribution >= 4 is 28.3 Å². The molecule has 0 N–H and O–H groups in total. The molecule has 4 nitrogen and oxygen atoms in total. The third-order valence-electron chi connectivity index (χ3n) is 9.69. The Kier molecular flexibility index (Phi) is 9.04. The largest absolute Gasteiger partial charge is 0.368 e. The van der Waals surface area contributed by atoms with Crippen LogP contribution < -0.4 is 19.6 Å². The highest BCUT2D eigenvalue weighted by Crippen LogP contribution is 2.27. The third kappa shape index (κ3) is 6.97. The van der Waals surface area contributed by atoms with Gasteiger partial charge in [-0.15, -0.1) is 0 Å². The van der Waals surface area contributed by atoms with E-state index in [1.165, 1.54) is 45.0 Å². The zero-order valence-electron chi connectivity index (χ0n) is 26.8. The molecule has 0 atom stereocenters. The quantitative estimate of drug-likeness (QED) is 0.168.